The summed E-state index contributed by atoms with van der Waals surface area (Å²) in [6.07, 6.45) is -3.90. The summed E-state index contributed by atoms with van der Waals surface area (Å²) in [5, 5.41) is 4.92. The summed E-state index contributed by atoms with van der Waals surface area (Å²) in [5.41, 5.74) is 0.470. The van der Waals surface area contributed by atoms with E-state index in [0.717, 1.165) is 13.0 Å². The molecule has 0 spiro atoms. The van der Waals surface area contributed by atoms with Crippen LogP contribution in [0.15, 0.2) is 42.5 Å². The normalized spacial score (nSPS) is 18.0. The second kappa shape index (κ2) is 13.8. The molecule has 4 amide bonds. The average Bonchev–Trinajstić information content (AvgIpc) is 2.95. The van der Waals surface area contributed by atoms with Gasteiger partial charge in [-0.3, -0.25) is 19.2 Å². The van der Waals surface area contributed by atoms with Crippen molar-refractivity contribution in [2.75, 3.05) is 48.0 Å². The fourth-order valence-electron chi connectivity index (χ4n) is 4.59. The van der Waals surface area contributed by atoms with Gasteiger partial charge in [-0.2, -0.15) is 0 Å². The Hall–Kier alpha value is -4.56. The highest BCUT2D eigenvalue weighted by Crippen LogP contribution is 2.27. The number of halogens is 1. The smallest absolute Gasteiger partial charge is 0.407 e. The van der Waals surface area contributed by atoms with Gasteiger partial charge in [-0.15, -0.1) is 0 Å². The zero-order valence-corrected chi connectivity index (χ0v) is 24.9. The van der Waals surface area contributed by atoms with Crippen LogP contribution in [0.3, 0.4) is 0 Å². The third kappa shape index (κ3) is 8.29. The molecule has 2 heterocycles. The van der Waals surface area contributed by atoms with Gasteiger partial charge in [-0.05, 0) is 51.1 Å². The lowest BCUT2D eigenvalue weighted by molar-refractivity contribution is -0.167. The molecule has 2 aromatic carbocycles. The number of hydrogen-bond donors (Lipinski definition) is 2. The summed E-state index contributed by atoms with van der Waals surface area (Å²) in [6.45, 7) is 6.88. The molecular weight excluding hydrogens is 579 g/mol. The van der Waals surface area contributed by atoms with Crippen LogP contribution in [-0.2, 0) is 44.7 Å². The van der Waals surface area contributed by atoms with Crippen molar-refractivity contribution in [1.29, 1.82) is 0 Å². The van der Waals surface area contributed by atoms with E-state index in [1.807, 2.05) is 0 Å². The van der Waals surface area contributed by atoms with Gasteiger partial charge < -0.3 is 39.4 Å². The van der Waals surface area contributed by atoms with Crippen molar-refractivity contribution in [1.82, 2.24) is 5.32 Å². The Kier molecular flexibility index (Phi) is 10.2. The van der Waals surface area contributed by atoms with E-state index in [1.165, 1.54) is 17.0 Å². The van der Waals surface area contributed by atoms with Gasteiger partial charge in [0.15, 0.2) is 6.10 Å². The summed E-state index contributed by atoms with van der Waals surface area (Å²) >= 11 is 0. The van der Waals surface area contributed by atoms with Gasteiger partial charge in [0.1, 0.15) is 18.0 Å². The molecule has 14 heteroatoms. The number of nitrogens with one attached hydrogen (secondary N) is 2. The number of anilines is 3. The standard InChI is InChI=1S/C30H35FN4O9/c1-18(36)43-25(27(38)33-20-9-8-19(23(31)14-20)16-32-29(40)44-30(2,3)4)26-28(39)35(11-13-42-26)22-7-5-6-21(15-22)34-10-12-41-17-24(34)37/h5-9,14-15,25-26H,10-13,16-17H2,1-4H3,(H,32,40)(H,33,38). The summed E-state index contributed by atoms with van der Waals surface area (Å²) in [7, 11) is 0. The largest absolute Gasteiger partial charge is 0.449 e. The molecule has 2 fully saturated rings. The molecule has 2 aliphatic heterocycles. The summed E-state index contributed by atoms with van der Waals surface area (Å²) in [6, 6.07) is 10.6. The van der Waals surface area contributed by atoms with Gasteiger partial charge in [-0.1, -0.05) is 12.1 Å². The highest BCUT2D eigenvalue weighted by Gasteiger charge is 2.43. The number of carbonyl (C=O) groups excluding carboxylic acids is 5. The van der Waals surface area contributed by atoms with Crippen LogP contribution in [0.2, 0.25) is 0 Å². The highest BCUT2D eigenvalue weighted by atomic mass is 19.1. The van der Waals surface area contributed by atoms with Crippen LogP contribution in [0, 0.1) is 5.82 Å². The average molecular weight is 615 g/mol. The van der Waals surface area contributed by atoms with Crippen molar-refractivity contribution < 1.29 is 47.3 Å². The number of esters is 1. The lowest BCUT2D eigenvalue weighted by Gasteiger charge is -2.35. The monoisotopic (exact) mass is 614 g/mol. The van der Waals surface area contributed by atoms with Crippen molar-refractivity contribution in [2.45, 2.75) is 52.0 Å². The molecule has 0 saturated carbocycles. The Balaban J connectivity index is 1.47. The minimum Gasteiger partial charge on any atom is -0.449 e. The van der Waals surface area contributed by atoms with E-state index in [9.17, 15) is 28.4 Å². The van der Waals surface area contributed by atoms with Crippen molar-refractivity contribution >= 4 is 46.8 Å². The second-order valence-corrected chi connectivity index (χ2v) is 11.1. The molecule has 2 atom stereocenters. The minimum absolute atomic E-state index is 0.0219. The Labute approximate surface area is 253 Å². The van der Waals surface area contributed by atoms with Crippen LogP contribution in [0.25, 0.3) is 0 Å². The SMILES string of the molecule is CC(=O)OC(C(=O)Nc1ccc(CNC(=O)OC(C)(C)C)c(F)c1)C1OCCN(c2cccc(N3CCOCC3=O)c2)C1=O. The van der Waals surface area contributed by atoms with Crippen LogP contribution in [0.4, 0.5) is 26.2 Å². The Morgan fingerprint density at radius 3 is 2.41 bits per heavy atom. The van der Waals surface area contributed by atoms with Gasteiger partial charge in [-0.25, -0.2) is 9.18 Å². The predicted molar refractivity (Wildman–Crippen MR) is 155 cm³/mol. The second-order valence-electron chi connectivity index (χ2n) is 11.1. The molecule has 0 radical (unpaired) electrons. The van der Waals surface area contributed by atoms with E-state index in [1.54, 1.807) is 49.9 Å². The molecule has 0 aromatic heterocycles. The van der Waals surface area contributed by atoms with Gasteiger partial charge in [0.2, 0.25) is 6.10 Å². The number of amides is 4. The molecule has 2 aromatic rings. The van der Waals surface area contributed by atoms with E-state index in [-0.39, 0.29) is 43.5 Å². The van der Waals surface area contributed by atoms with Crippen LogP contribution < -0.4 is 20.4 Å². The van der Waals surface area contributed by atoms with Gasteiger partial charge in [0, 0.05) is 49.2 Å². The lowest BCUT2D eigenvalue weighted by Crippen LogP contribution is -2.56. The van der Waals surface area contributed by atoms with E-state index in [2.05, 4.69) is 10.6 Å². The number of benzene rings is 2. The number of carbonyl (C=O) groups is 5. The third-order valence-electron chi connectivity index (χ3n) is 6.53. The molecule has 236 valence electrons. The number of nitrogens with zero attached hydrogens (tertiary/aromatic N) is 2. The van der Waals surface area contributed by atoms with Crippen LogP contribution >= 0.6 is 0 Å². The first-order valence-corrected chi connectivity index (χ1v) is 14.0. The summed E-state index contributed by atoms with van der Waals surface area (Å²) in [5.74, 6) is -3.32. The molecule has 0 aliphatic carbocycles. The third-order valence-corrected chi connectivity index (χ3v) is 6.53. The predicted octanol–water partition coefficient (Wildman–Crippen LogP) is 2.52. The van der Waals surface area contributed by atoms with Gasteiger partial charge in [0.05, 0.1) is 13.2 Å². The van der Waals surface area contributed by atoms with Crippen LogP contribution in [-0.4, -0.2) is 80.5 Å². The summed E-state index contributed by atoms with van der Waals surface area (Å²) < 4.78 is 36.0. The highest BCUT2D eigenvalue weighted by molar-refractivity contribution is 6.05. The van der Waals surface area contributed by atoms with Crippen molar-refractivity contribution in [2.24, 2.45) is 0 Å². The van der Waals surface area contributed by atoms with E-state index < -0.39 is 47.5 Å². The van der Waals surface area contributed by atoms with Crippen LogP contribution in [0.5, 0.6) is 0 Å². The van der Waals surface area contributed by atoms with Crippen molar-refractivity contribution in [3.8, 4) is 0 Å². The zero-order valence-electron chi connectivity index (χ0n) is 24.9. The molecule has 2 unspecified atom stereocenters. The first-order chi connectivity index (χ1) is 20.8. The lowest BCUT2D eigenvalue weighted by atomic mass is 10.1. The maximum absolute atomic E-state index is 14.8. The van der Waals surface area contributed by atoms with E-state index in [4.69, 9.17) is 18.9 Å². The molecule has 2 aliphatic rings. The Morgan fingerprint density at radius 2 is 1.75 bits per heavy atom. The fraction of sp³-hybridized carbons (Fsp3) is 0.433. The molecule has 4 rings (SSSR count). The van der Waals surface area contributed by atoms with E-state index >= 15 is 0 Å². The zero-order chi connectivity index (χ0) is 32.0. The minimum atomic E-state index is -1.69. The van der Waals surface area contributed by atoms with Crippen LogP contribution in [0.1, 0.15) is 33.3 Å². The molecule has 0 bridgehead atoms. The fourth-order valence-corrected chi connectivity index (χ4v) is 4.59. The number of alkyl carbamates (subject to hydrolysis) is 1. The maximum atomic E-state index is 14.8. The topological polar surface area (TPSA) is 153 Å². The van der Waals surface area contributed by atoms with E-state index in [0.29, 0.717) is 24.5 Å². The first kappa shape index (κ1) is 32.4. The Morgan fingerprint density at radius 1 is 1.05 bits per heavy atom. The number of hydrogen-bond acceptors (Lipinski definition) is 9. The number of rotatable bonds is 8. The van der Waals surface area contributed by atoms with Crippen molar-refractivity contribution in [3.05, 3.63) is 53.8 Å². The molecule has 2 saturated heterocycles. The van der Waals surface area contributed by atoms with Gasteiger partial charge >= 0.3 is 12.1 Å². The molecule has 2 N–H and O–H groups in total. The molecule has 13 nitrogen and oxygen atoms in total. The maximum Gasteiger partial charge on any atom is 0.407 e. The Bertz CT molecular complexity index is 1430. The van der Waals surface area contributed by atoms with Gasteiger partial charge in [0.25, 0.3) is 17.7 Å². The van der Waals surface area contributed by atoms with Crippen molar-refractivity contribution in [3.63, 3.8) is 0 Å². The number of ether oxygens (including phenoxy) is 4. The molecule has 44 heavy (non-hydrogen) atoms. The summed E-state index contributed by atoms with van der Waals surface area (Å²) in [4.78, 5) is 66.0. The molecular formula is C30H35FN4O9. The number of morpholine rings is 2. The quantitative estimate of drug-likeness (QED) is 0.427. The first-order valence-electron chi connectivity index (χ1n) is 14.0.